The lowest BCUT2D eigenvalue weighted by molar-refractivity contribution is -0.0626. The van der Waals surface area contributed by atoms with Crippen molar-refractivity contribution in [2.24, 2.45) is 75.9 Å². The number of aliphatic hydroxyl groups is 1. The summed E-state index contributed by atoms with van der Waals surface area (Å²) >= 11 is 0. The van der Waals surface area contributed by atoms with Crippen LogP contribution in [0, 0.1) is 75.9 Å². The third-order valence-electron chi connectivity index (χ3n) is 22.4. The zero-order valence-electron chi connectivity index (χ0n) is 42.3. The number of likely N-dealkylation sites (tertiary alicyclic amines) is 1. The second-order valence-corrected chi connectivity index (χ2v) is 25.3. The number of nitrogens with zero attached hydrogens (tertiary/aromatic N) is 1. The molecule has 0 amide bonds. The first-order valence-electron chi connectivity index (χ1n) is 27.3. The zero-order chi connectivity index (χ0) is 44.5. The number of piperidine rings is 2. The van der Waals surface area contributed by atoms with Crippen molar-refractivity contribution in [2.75, 3.05) is 20.1 Å². The van der Waals surface area contributed by atoms with Gasteiger partial charge in [-0.2, -0.15) is 0 Å². The number of nitrogens with one attached hydrogen (secondary N) is 1. The molecule has 2 N–H and O–H groups in total. The monoisotopic (exact) mass is 865 g/mol. The van der Waals surface area contributed by atoms with Crippen LogP contribution in [-0.4, -0.2) is 71.7 Å². The van der Waals surface area contributed by atoms with E-state index in [9.17, 15) is 5.11 Å². The maximum absolute atomic E-state index is 10.3. The molecule has 63 heavy (non-hydrogen) atoms. The minimum absolute atomic E-state index is 0.0191. The molecule has 8 aliphatic carbocycles. The lowest BCUT2D eigenvalue weighted by Gasteiger charge is -2.49. The standard InChI is InChI=1S/C29H45NO.C27H41NO2.C2H6/c1-17-9-11-28(5)21(13-17)7-8-23-22-10-12-29(19(3)24(22)15-25(23)28)20(4)27-26(31-29)14-18(2)16-30(27)6;1-15-11-24-25(28-14-15)17(3)27(30-24)10-8-20-21-6-5-18-12-19(29)7-9-26(18,4)23(21)13-22(20)16(27)2;1-2/h7,17-18,20,22-23,25-27H,8-16H2,1-6H3;5,15,17,19-21,23-25,28-29H,6-14H2,1-4H3;1-2H3/t17-,18-,20+,22-,23-,25-,26+,27-,28-,29-;15-,17+,19-,20-,21-,23-,24+,25-,26-,27-;/m00./s1. The van der Waals surface area contributed by atoms with E-state index in [4.69, 9.17) is 9.47 Å². The molecule has 352 valence electrons. The van der Waals surface area contributed by atoms with E-state index in [-0.39, 0.29) is 17.3 Å². The Bertz CT molecular complexity index is 1900. The first kappa shape index (κ1) is 45.5. The van der Waals surface area contributed by atoms with E-state index in [1.54, 1.807) is 22.3 Å². The van der Waals surface area contributed by atoms with Crippen LogP contribution in [0.3, 0.4) is 0 Å². The maximum atomic E-state index is 10.3. The fourth-order valence-electron chi connectivity index (χ4n) is 19.0. The predicted octanol–water partition coefficient (Wildman–Crippen LogP) is 12.6. The summed E-state index contributed by atoms with van der Waals surface area (Å²) in [5.41, 5.74) is 11.1. The Balaban J connectivity index is 0.000000144. The molecule has 12 aliphatic rings. The van der Waals surface area contributed by atoms with Crippen molar-refractivity contribution in [2.45, 2.75) is 220 Å². The number of aliphatic hydroxyl groups excluding tert-OH is 1. The Morgan fingerprint density at radius 2 is 1.19 bits per heavy atom. The molecule has 20 atom stereocenters. The second kappa shape index (κ2) is 16.5. The van der Waals surface area contributed by atoms with Crippen LogP contribution < -0.4 is 5.32 Å². The highest BCUT2D eigenvalue weighted by atomic mass is 16.5. The van der Waals surface area contributed by atoms with Gasteiger partial charge in [0.25, 0.3) is 0 Å². The van der Waals surface area contributed by atoms with Crippen molar-refractivity contribution in [3.05, 3.63) is 45.6 Å². The van der Waals surface area contributed by atoms with Crippen LogP contribution in [0.4, 0.5) is 0 Å². The summed E-state index contributed by atoms with van der Waals surface area (Å²) in [5, 5.41) is 14.1. The maximum Gasteiger partial charge on any atom is 0.0937 e. The second-order valence-electron chi connectivity index (χ2n) is 25.3. The van der Waals surface area contributed by atoms with Crippen LogP contribution in [-0.2, 0) is 9.47 Å². The Morgan fingerprint density at radius 1 is 0.651 bits per heavy atom. The largest absolute Gasteiger partial charge is 0.393 e. The van der Waals surface area contributed by atoms with Crippen LogP contribution in [0.25, 0.3) is 0 Å². The third-order valence-corrected chi connectivity index (χ3v) is 22.4. The minimum atomic E-state index is -0.111. The molecule has 0 unspecified atom stereocenters. The number of allylic oxidation sites excluding steroid dienone is 5. The Hall–Kier alpha value is -1.24. The fraction of sp³-hybridized carbons (Fsp3) is 0.862. The van der Waals surface area contributed by atoms with Gasteiger partial charge in [-0.05, 0) is 205 Å². The van der Waals surface area contributed by atoms with Gasteiger partial charge in [0.2, 0.25) is 0 Å². The van der Waals surface area contributed by atoms with E-state index in [2.05, 4.69) is 91.7 Å². The third kappa shape index (κ3) is 6.79. The van der Waals surface area contributed by atoms with E-state index in [1.807, 2.05) is 25.0 Å². The van der Waals surface area contributed by atoms with E-state index in [0.717, 1.165) is 72.6 Å². The van der Waals surface area contributed by atoms with E-state index in [0.29, 0.717) is 47.0 Å². The van der Waals surface area contributed by atoms with Gasteiger partial charge in [0.15, 0.2) is 0 Å². The summed E-state index contributed by atoms with van der Waals surface area (Å²) in [5.74, 6) is 8.51. The van der Waals surface area contributed by atoms with Gasteiger partial charge in [0, 0.05) is 30.5 Å². The topological polar surface area (TPSA) is 54.0 Å². The number of rotatable bonds is 0. The van der Waals surface area contributed by atoms with Crippen LogP contribution in [0.5, 0.6) is 0 Å². The molecule has 5 heteroatoms. The van der Waals surface area contributed by atoms with Crippen LogP contribution in [0.15, 0.2) is 45.6 Å². The molecule has 4 saturated heterocycles. The van der Waals surface area contributed by atoms with Crippen molar-refractivity contribution in [3.63, 3.8) is 0 Å². The Labute approximate surface area is 385 Å². The van der Waals surface area contributed by atoms with E-state index in [1.165, 1.54) is 96.4 Å². The van der Waals surface area contributed by atoms with Crippen molar-refractivity contribution in [1.82, 2.24) is 10.2 Å². The number of fused-ring (bicyclic) bond motifs is 12. The highest BCUT2D eigenvalue weighted by molar-refractivity contribution is 5.40. The fourth-order valence-corrected chi connectivity index (χ4v) is 19.0. The van der Waals surface area contributed by atoms with Gasteiger partial charge < -0.3 is 24.8 Å². The van der Waals surface area contributed by atoms with E-state index < -0.39 is 0 Å². The van der Waals surface area contributed by atoms with Gasteiger partial charge >= 0.3 is 0 Å². The molecule has 0 aromatic heterocycles. The zero-order valence-corrected chi connectivity index (χ0v) is 42.3. The smallest absolute Gasteiger partial charge is 0.0937 e. The quantitative estimate of drug-likeness (QED) is 0.238. The summed E-state index contributed by atoms with van der Waals surface area (Å²) in [6.07, 6.45) is 26.1. The van der Waals surface area contributed by atoms with Gasteiger partial charge in [0.05, 0.1) is 29.5 Å². The van der Waals surface area contributed by atoms with Crippen molar-refractivity contribution in [3.8, 4) is 0 Å². The lowest BCUT2D eigenvalue weighted by atomic mass is 9.55. The molecule has 0 aromatic rings. The summed E-state index contributed by atoms with van der Waals surface area (Å²) in [6, 6.07) is 1.14. The highest BCUT2D eigenvalue weighted by Crippen LogP contribution is 2.67. The van der Waals surface area contributed by atoms with Gasteiger partial charge in [-0.3, -0.25) is 0 Å². The number of hydrogen-bond donors (Lipinski definition) is 2. The molecule has 0 radical (unpaired) electrons. The summed E-state index contributed by atoms with van der Waals surface area (Å²) < 4.78 is 14.2. The summed E-state index contributed by atoms with van der Waals surface area (Å²) in [4.78, 5) is 2.64. The molecule has 0 bridgehead atoms. The van der Waals surface area contributed by atoms with Crippen molar-refractivity contribution < 1.29 is 14.6 Å². The number of ether oxygens (including phenoxy) is 2. The lowest BCUT2D eigenvalue weighted by Crippen LogP contribution is -2.50. The predicted molar refractivity (Wildman–Crippen MR) is 259 cm³/mol. The normalized spacial score (nSPS) is 53.0. The highest BCUT2D eigenvalue weighted by Gasteiger charge is 2.63. The van der Waals surface area contributed by atoms with Crippen LogP contribution in [0.2, 0.25) is 0 Å². The SMILES string of the molecule is CC.CC1=C2C[C@H]3[C@@H](CC=C4C[C@@H](C)CC[C@@]43C)[C@@H]2CC[C@]12O[C@@H]1C[C@H](C)CN(C)[C@H]1[C@H]2C.CC1=C2C[C@H]3[C@@H](CC=C4C[C@@H](O)CC[C@@]43C)[C@@H]2CC[C@]12O[C@@H]1C[C@H](C)CN[C@H]1[C@H]2C. The Kier molecular flexibility index (Phi) is 11.9. The molecule has 0 aromatic carbocycles. The Morgan fingerprint density at radius 3 is 1.81 bits per heavy atom. The molecule has 12 rings (SSSR count). The van der Waals surface area contributed by atoms with Crippen LogP contribution in [0.1, 0.15) is 179 Å². The van der Waals surface area contributed by atoms with Gasteiger partial charge in [-0.1, -0.05) is 96.8 Å². The van der Waals surface area contributed by atoms with Crippen LogP contribution >= 0.6 is 0 Å². The average Bonchev–Trinajstić information content (AvgIpc) is 3.99. The summed E-state index contributed by atoms with van der Waals surface area (Å²) in [7, 11) is 2.35. The van der Waals surface area contributed by atoms with Crippen molar-refractivity contribution in [1.29, 1.82) is 0 Å². The molecular weight excluding hydrogens is 773 g/mol. The molecular formula is C58H92N2O3. The number of likely N-dealkylation sites (N-methyl/N-ethyl adjacent to an activating group) is 1. The molecule has 4 aliphatic heterocycles. The first-order chi connectivity index (χ1) is 30.1. The van der Waals surface area contributed by atoms with Crippen molar-refractivity contribution >= 4 is 0 Å². The molecule has 5 nitrogen and oxygen atoms in total. The summed E-state index contributed by atoms with van der Waals surface area (Å²) in [6.45, 7) is 28.7. The molecule has 2 spiro atoms. The van der Waals surface area contributed by atoms with E-state index >= 15 is 0 Å². The van der Waals surface area contributed by atoms with Gasteiger partial charge in [-0.15, -0.1) is 0 Å². The molecule has 4 heterocycles. The van der Waals surface area contributed by atoms with Gasteiger partial charge in [-0.25, -0.2) is 0 Å². The molecule has 4 saturated carbocycles. The minimum Gasteiger partial charge on any atom is -0.393 e. The first-order valence-corrected chi connectivity index (χ1v) is 27.3. The van der Waals surface area contributed by atoms with Gasteiger partial charge in [0.1, 0.15) is 0 Å². The molecule has 8 fully saturated rings. The number of hydrogen-bond acceptors (Lipinski definition) is 5. The average molecular weight is 865 g/mol.